The van der Waals surface area contributed by atoms with Gasteiger partial charge in [0.15, 0.2) is 0 Å². The third-order valence-electron chi connectivity index (χ3n) is 1.09. The van der Waals surface area contributed by atoms with Crippen LogP contribution >= 0.6 is 0 Å². The molecule has 3 heteroatoms. The van der Waals surface area contributed by atoms with E-state index in [9.17, 15) is 9.59 Å². The first-order valence-electron chi connectivity index (χ1n) is 2.66. The van der Waals surface area contributed by atoms with Gasteiger partial charge in [-0.15, -0.1) is 0 Å². The normalized spacial score (nSPS) is 14.7. The van der Waals surface area contributed by atoms with Gasteiger partial charge < -0.3 is 0 Å². The van der Waals surface area contributed by atoms with Gasteiger partial charge in [0.25, 0.3) is 0 Å². The molecule has 0 heterocycles. The summed E-state index contributed by atoms with van der Waals surface area (Å²) < 4.78 is 4.44. The maximum absolute atomic E-state index is 10.1. The first kappa shape index (κ1) is 7.37. The van der Waals surface area contributed by atoms with Gasteiger partial charge in [-0.3, -0.25) is 0 Å². The molecule has 0 aromatic carbocycles. The molecule has 0 atom stereocenters. The van der Waals surface area contributed by atoms with E-state index in [0.29, 0.717) is 0 Å². The Morgan fingerprint density at radius 2 is 2.10 bits per heavy atom. The Morgan fingerprint density at radius 3 is 2.50 bits per heavy atom. The SMILES string of the molecule is O=[C]=[Ru](=[C]=O)[C]1=CC=CC1. The van der Waals surface area contributed by atoms with Crippen molar-refractivity contribution in [1.82, 2.24) is 0 Å². The van der Waals surface area contributed by atoms with Gasteiger partial charge in [0.05, 0.1) is 0 Å². The molecular weight excluding hydrogens is 217 g/mol. The van der Waals surface area contributed by atoms with Crippen molar-refractivity contribution in [3.05, 3.63) is 22.4 Å². The first-order chi connectivity index (χ1) is 4.88. The van der Waals surface area contributed by atoms with Crippen LogP contribution in [0.5, 0.6) is 0 Å². The molecule has 1 aliphatic rings. The van der Waals surface area contributed by atoms with Gasteiger partial charge in [0.1, 0.15) is 0 Å². The number of allylic oxidation sites excluding steroid dienone is 4. The quantitative estimate of drug-likeness (QED) is 0.608. The van der Waals surface area contributed by atoms with Crippen molar-refractivity contribution < 1.29 is 24.6 Å². The fourth-order valence-electron chi connectivity index (χ4n) is 0.654. The van der Waals surface area contributed by atoms with E-state index in [1.807, 2.05) is 18.2 Å². The average Bonchev–Trinajstić information content (AvgIpc) is 2.43. The summed E-state index contributed by atoms with van der Waals surface area (Å²) in [4.78, 5) is 20.3. The molecule has 0 fully saturated rings. The number of hydrogen-bond donors (Lipinski definition) is 0. The number of hydrogen-bond acceptors (Lipinski definition) is 2. The zero-order valence-corrected chi connectivity index (χ0v) is 6.85. The summed E-state index contributed by atoms with van der Waals surface area (Å²) in [6.45, 7) is 0. The van der Waals surface area contributed by atoms with Gasteiger partial charge in [0, 0.05) is 0 Å². The molecule has 1 rings (SSSR count). The van der Waals surface area contributed by atoms with Crippen LogP contribution in [0.2, 0.25) is 0 Å². The number of rotatable bonds is 1. The zero-order chi connectivity index (χ0) is 7.40. The Labute approximate surface area is 62.8 Å². The Balaban J connectivity index is 3.09. The van der Waals surface area contributed by atoms with Gasteiger partial charge in [-0.1, -0.05) is 0 Å². The zero-order valence-electron chi connectivity index (χ0n) is 5.11. The van der Waals surface area contributed by atoms with E-state index in [1.54, 1.807) is 8.95 Å². The van der Waals surface area contributed by atoms with E-state index < -0.39 is 15.0 Å². The van der Waals surface area contributed by atoms with Gasteiger partial charge >= 0.3 is 62.4 Å². The third-order valence-corrected chi connectivity index (χ3v) is 3.56. The molecule has 0 unspecified atom stereocenters. The van der Waals surface area contributed by atoms with Crippen LogP contribution in [0, 0.1) is 0 Å². The molecule has 0 aliphatic heterocycles. The second-order valence-corrected chi connectivity index (χ2v) is 4.77. The third kappa shape index (κ3) is 1.40. The monoisotopic (exact) mass is 223 g/mol. The van der Waals surface area contributed by atoms with Crippen molar-refractivity contribution in [2.45, 2.75) is 6.42 Å². The summed E-state index contributed by atoms with van der Waals surface area (Å²) in [6, 6.07) is 0. The minimum atomic E-state index is -2.10. The fraction of sp³-hybridized carbons (Fsp3) is 0.143. The van der Waals surface area contributed by atoms with E-state index in [4.69, 9.17) is 0 Å². The van der Waals surface area contributed by atoms with Crippen LogP contribution in [-0.2, 0) is 24.6 Å². The molecule has 0 amide bonds. The van der Waals surface area contributed by atoms with E-state index in [0.717, 1.165) is 10.6 Å². The van der Waals surface area contributed by atoms with Crippen LogP contribution in [0.4, 0.5) is 0 Å². The molecule has 0 N–H and O–H groups in total. The summed E-state index contributed by atoms with van der Waals surface area (Å²) in [5.41, 5.74) is 0. The van der Waals surface area contributed by atoms with Crippen LogP contribution in [0.3, 0.4) is 0 Å². The Morgan fingerprint density at radius 1 is 1.40 bits per heavy atom. The predicted molar refractivity (Wildman–Crippen MR) is 33.2 cm³/mol. The average molecular weight is 222 g/mol. The summed E-state index contributed by atoms with van der Waals surface area (Å²) in [6.07, 6.45) is 6.33. The van der Waals surface area contributed by atoms with E-state index in [-0.39, 0.29) is 0 Å². The summed E-state index contributed by atoms with van der Waals surface area (Å²) >= 11 is -2.10. The van der Waals surface area contributed by atoms with Gasteiger partial charge in [0.2, 0.25) is 0 Å². The van der Waals surface area contributed by atoms with Crippen LogP contribution in [0.15, 0.2) is 22.4 Å². The summed E-state index contributed by atoms with van der Waals surface area (Å²) in [5, 5.41) is 0. The molecule has 0 radical (unpaired) electrons. The minimum absolute atomic E-state index is 0.739. The topological polar surface area (TPSA) is 34.1 Å². The van der Waals surface area contributed by atoms with Crippen LogP contribution in [-0.4, -0.2) is 8.95 Å². The Hall–Kier alpha value is -0.737. The van der Waals surface area contributed by atoms with Crippen molar-refractivity contribution in [3.8, 4) is 0 Å². The van der Waals surface area contributed by atoms with E-state index in [2.05, 4.69) is 0 Å². The Kier molecular flexibility index (Phi) is 2.53. The molecule has 2 nitrogen and oxygen atoms in total. The number of carbonyl (C=O) groups excluding carboxylic acids is 2. The van der Waals surface area contributed by atoms with Crippen molar-refractivity contribution in [2.24, 2.45) is 0 Å². The van der Waals surface area contributed by atoms with Crippen molar-refractivity contribution in [2.75, 3.05) is 0 Å². The van der Waals surface area contributed by atoms with Crippen molar-refractivity contribution in [1.29, 1.82) is 0 Å². The van der Waals surface area contributed by atoms with Crippen LogP contribution in [0.25, 0.3) is 0 Å². The Bertz CT molecular complexity index is 304. The molecule has 0 saturated carbocycles. The second-order valence-electron chi connectivity index (χ2n) is 1.64. The molecule has 0 bridgehead atoms. The van der Waals surface area contributed by atoms with Crippen LogP contribution in [0.1, 0.15) is 6.42 Å². The van der Waals surface area contributed by atoms with Gasteiger partial charge in [-0.25, -0.2) is 0 Å². The maximum atomic E-state index is 10.1. The molecule has 0 spiro atoms. The standard InChI is InChI=1S/C5H5.2CO.Ru/c1-2-4-5-3-1;2*1-2;/h1-3H,4H2;;;. The molecule has 1 aliphatic carbocycles. The van der Waals surface area contributed by atoms with Crippen molar-refractivity contribution >= 4 is 8.95 Å². The molecule has 0 aromatic rings. The van der Waals surface area contributed by atoms with Crippen molar-refractivity contribution in [3.63, 3.8) is 0 Å². The summed E-state index contributed by atoms with van der Waals surface area (Å²) in [7, 11) is 0. The predicted octanol–water partition coefficient (Wildman–Crippen LogP) is 0.583. The second kappa shape index (κ2) is 3.44. The molecule has 10 heavy (non-hydrogen) atoms. The summed E-state index contributed by atoms with van der Waals surface area (Å²) in [5.74, 6) is 0. The molecule has 53 valence electrons. The van der Waals surface area contributed by atoms with E-state index >= 15 is 0 Å². The van der Waals surface area contributed by atoms with Crippen LogP contribution < -0.4 is 0 Å². The molecule has 0 saturated heterocycles. The molecular formula is C7H5O2Ru. The molecule has 0 aromatic heterocycles. The first-order valence-corrected chi connectivity index (χ1v) is 5.26. The van der Waals surface area contributed by atoms with Gasteiger partial charge in [-0.2, -0.15) is 0 Å². The van der Waals surface area contributed by atoms with E-state index in [1.165, 1.54) is 0 Å². The fourth-order valence-corrected chi connectivity index (χ4v) is 2.20. The van der Waals surface area contributed by atoms with Gasteiger partial charge in [-0.05, 0) is 0 Å².